The van der Waals surface area contributed by atoms with Crippen molar-refractivity contribution < 1.29 is 19.1 Å². The van der Waals surface area contributed by atoms with Gasteiger partial charge >= 0.3 is 11.8 Å². The molecule has 6 nitrogen and oxygen atoms in total. The van der Waals surface area contributed by atoms with E-state index in [0.717, 1.165) is 16.9 Å². The summed E-state index contributed by atoms with van der Waals surface area (Å²) in [5, 5.41) is 5.17. The van der Waals surface area contributed by atoms with Crippen molar-refractivity contribution in [2.24, 2.45) is 0 Å². The summed E-state index contributed by atoms with van der Waals surface area (Å²) < 4.78 is 10.3. The summed E-state index contributed by atoms with van der Waals surface area (Å²) in [6.07, 6.45) is 0.622. The van der Waals surface area contributed by atoms with Crippen molar-refractivity contribution in [2.75, 3.05) is 26.1 Å². The summed E-state index contributed by atoms with van der Waals surface area (Å²) in [7, 11) is 3.12. The Hall–Kier alpha value is -3.02. The molecule has 0 atom stereocenters. The standard InChI is InChI=1S/C19H22N2O4/c1-13-4-9-16(17(12-13)25-3)21-19(23)18(22)20-11-10-14-5-7-15(24-2)8-6-14/h4-9,12H,10-11H2,1-3H3,(H,20,22)(H,21,23). The molecule has 0 heterocycles. The van der Waals surface area contributed by atoms with E-state index in [9.17, 15) is 9.59 Å². The van der Waals surface area contributed by atoms with Gasteiger partial charge in [-0.05, 0) is 48.7 Å². The molecule has 0 saturated heterocycles. The van der Waals surface area contributed by atoms with Crippen molar-refractivity contribution >= 4 is 17.5 Å². The number of hydrogen-bond acceptors (Lipinski definition) is 4. The molecule has 132 valence electrons. The van der Waals surface area contributed by atoms with Crippen LogP contribution in [0.1, 0.15) is 11.1 Å². The fourth-order valence-corrected chi connectivity index (χ4v) is 2.27. The van der Waals surface area contributed by atoms with Gasteiger partial charge in [-0.15, -0.1) is 0 Å². The zero-order valence-corrected chi connectivity index (χ0v) is 14.6. The highest BCUT2D eigenvalue weighted by atomic mass is 16.5. The van der Waals surface area contributed by atoms with Crippen molar-refractivity contribution in [2.45, 2.75) is 13.3 Å². The number of anilines is 1. The molecule has 0 fully saturated rings. The number of aryl methyl sites for hydroxylation is 1. The maximum atomic E-state index is 12.0. The summed E-state index contributed by atoms with van der Waals surface area (Å²) in [6, 6.07) is 12.9. The maximum absolute atomic E-state index is 12.0. The predicted molar refractivity (Wildman–Crippen MR) is 96.1 cm³/mol. The van der Waals surface area contributed by atoms with Crippen LogP contribution in [0.25, 0.3) is 0 Å². The molecule has 0 bridgehead atoms. The third-order valence-electron chi connectivity index (χ3n) is 3.67. The molecule has 6 heteroatoms. The average Bonchev–Trinajstić information content (AvgIpc) is 2.63. The Balaban J connectivity index is 1.84. The van der Waals surface area contributed by atoms with Crippen molar-refractivity contribution in [3.63, 3.8) is 0 Å². The lowest BCUT2D eigenvalue weighted by molar-refractivity contribution is -0.136. The van der Waals surface area contributed by atoms with Crippen LogP contribution in [0.3, 0.4) is 0 Å². The van der Waals surface area contributed by atoms with Gasteiger partial charge in [-0.1, -0.05) is 18.2 Å². The van der Waals surface area contributed by atoms with Crippen molar-refractivity contribution in [1.29, 1.82) is 0 Å². The molecule has 2 amide bonds. The molecule has 2 aromatic carbocycles. The molecule has 0 unspecified atom stereocenters. The summed E-state index contributed by atoms with van der Waals surface area (Å²) in [5.74, 6) is -0.119. The topological polar surface area (TPSA) is 76.7 Å². The van der Waals surface area contributed by atoms with E-state index in [1.54, 1.807) is 19.2 Å². The fourth-order valence-electron chi connectivity index (χ4n) is 2.27. The zero-order chi connectivity index (χ0) is 18.2. The number of rotatable bonds is 6. The van der Waals surface area contributed by atoms with Gasteiger partial charge < -0.3 is 20.1 Å². The number of carbonyl (C=O) groups is 2. The molecule has 0 aliphatic heterocycles. The molecule has 2 N–H and O–H groups in total. The van der Waals surface area contributed by atoms with Crippen LogP contribution in [0.2, 0.25) is 0 Å². The lowest BCUT2D eigenvalue weighted by Gasteiger charge is -2.11. The fraction of sp³-hybridized carbons (Fsp3) is 0.263. The van der Waals surface area contributed by atoms with Gasteiger partial charge in [0.15, 0.2) is 0 Å². The number of nitrogens with one attached hydrogen (secondary N) is 2. The van der Waals surface area contributed by atoms with E-state index in [1.165, 1.54) is 7.11 Å². The maximum Gasteiger partial charge on any atom is 0.313 e. The first kappa shape index (κ1) is 18.3. The highest BCUT2D eigenvalue weighted by Crippen LogP contribution is 2.25. The summed E-state index contributed by atoms with van der Waals surface area (Å²) in [4.78, 5) is 23.9. The van der Waals surface area contributed by atoms with Gasteiger partial charge in [0, 0.05) is 6.54 Å². The van der Waals surface area contributed by atoms with E-state index in [2.05, 4.69) is 10.6 Å². The minimum absolute atomic E-state index is 0.365. The molecule has 2 aromatic rings. The van der Waals surface area contributed by atoms with Gasteiger partial charge in [0.25, 0.3) is 0 Å². The number of hydrogen-bond donors (Lipinski definition) is 2. The summed E-state index contributed by atoms with van der Waals surface area (Å²) >= 11 is 0. The van der Waals surface area contributed by atoms with E-state index in [0.29, 0.717) is 24.4 Å². The molecular formula is C19H22N2O4. The molecular weight excluding hydrogens is 320 g/mol. The highest BCUT2D eigenvalue weighted by molar-refractivity contribution is 6.39. The zero-order valence-electron chi connectivity index (χ0n) is 14.6. The van der Waals surface area contributed by atoms with Crippen molar-refractivity contribution in [3.05, 3.63) is 53.6 Å². The van der Waals surface area contributed by atoms with Gasteiger partial charge in [0.05, 0.1) is 19.9 Å². The second-order valence-electron chi connectivity index (χ2n) is 5.51. The molecule has 25 heavy (non-hydrogen) atoms. The Morgan fingerprint density at radius 3 is 2.32 bits per heavy atom. The van der Waals surface area contributed by atoms with Crippen molar-refractivity contribution in [3.8, 4) is 11.5 Å². The largest absolute Gasteiger partial charge is 0.497 e. The second-order valence-corrected chi connectivity index (χ2v) is 5.51. The SMILES string of the molecule is COc1ccc(CCNC(=O)C(=O)Nc2ccc(C)cc2OC)cc1. The van der Waals surface area contributed by atoms with Gasteiger partial charge in [0.1, 0.15) is 11.5 Å². The monoisotopic (exact) mass is 342 g/mol. The molecule has 0 spiro atoms. The first-order chi connectivity index (χ1) is 12.0. The van der Waals surface area contributed by atoms with E-state index in [-0.39, 0.29) is 0 Å². The normalized spacial score (nSPS) is 10.0. The van der Waals surface area contributed by atoms with E-state index in [4.69, 9.17) is 9.47 Å². The van der Waals surface area contributed by atoms with Crippen LogP contribution >= 0.6 is 0 Å². The Morgan fingerprint density at radius 1 is 0.960 bits per heavy atom. The Labute approximate surface area is 147 Å². The van der Waals surface area contributed by atoms with Gasteiger partial charge in [-0.25, -0.2) is 0 Å². The smallest absolute Gasteiger partial charge is 0.313 e. The number of ether oxygens (including phenoxy) is 2. The lowest BCUT2D eigenvalue weighted by atomic mass is 10.1. The third-order valence-corrected chi connectivity index (χ3v) is 3.67. The predicted octanol–water partition coefficient (Wildman–Crippen LogP) is 2.31. The Morgan fingerprint density at radius 2 is 1.68 bits per heavy atom. The summed E-state index contributed by atoms with van der Waals surface area (Å²) in [5.41, 5.74) is 2.50. The van der Waals surface area contributed by atoms with Crippen LogP contribution in [0, 0.1) is 6.92 Å². The van der Waals surface area contributed by atoms with Gasteiger partial charge in [-0.2, -0.15) is 0 Å². The van der Waals surface area contributed by atoms with Crippen molar-refractivity contribution in [1.82, 2.24) is 5.32 Å². The first-order valence-electron chi connectivity index (χ1n) is 7.90. The second kappa shape index (κ2) is 8.73. The molecule has 0 saturated carbocycles. The first-order valence-corrected chi connectivity index (χ1v) is 7.90. The molecule has 0 aliphatic carbocycles. The minimum atomic E-state index is -0.725. The molecule has 0 aliphatic rings. The Kier molecular flexibility index (Phi) is 6.39. The molecule has 0 radical (unpaired) electrons. The van der Waals surface area contributed by atoms with Gasteiger partial charge in [-0.3, -0.25) is 9.59 Å². The van der Waals surface area contributed by atoms with Crippen LogP contribution in [0.5, 0.6) is 11.5 Å². The molecule has 2 rings (SSSR count). The Bertz CT molecular complexity index is 742. The van der Waals surface area contributed by atoms with Crippen LogP contribution in [-0.2, 0) is 16.0 Å². The number of carbonyl (C=O) groups excluding carboxylic acids is 2. The number of amides is 2. The minimum Gasteiger partial charge on any atom is -0.497 e. The quantitative estimate of drug-likeness (QED) is 0.790. The van der Waals surface area contributed by atoms with Crippen LogP contribution in [0.4, 0.5) is 5.69 Å². The summed E-state index contributed by atoms with van der Waals surface area (Å²) in [6.45, 7) is 2.28. The molecule has 0 aromatic heterocycles. The third kappa shape index (κ3) is 5.24. The lowest BCUT2D eigenvalue weighted by Crippen LogP contribution is -2.36. The number of benzene rings is 2. The number of methoxy groups -OCH3 is 2. The van der Waals surface area contributed by atoms with Crippen LogP contribution in [0.15, 0.2) is 42.5 Å². The van der Waals surface area contributed by atoms with Crippen LogP contribution < -0.4 is 20.1 Å². The highest BCUT2D eigenvalue weighted by Gasteiger charge is 2.15. The van der Waals surface area contributed by atoms with E-state index in [1.807, 2.05) is 37.3 Å². The van der Waals surface area contributed by atoms with Gasteiger partial charge in [0.2, 0.25) is 0 Å². The van der Waals surface area contributed by atoms with E-state index < -0.39 is 11.8 Å². The van der Waals surface area contributed by atoms with E-state index >= 15 is 0 Å². The van der Waals surface area contributed by atoms with Crippen LogP contribution in [-0.4, -0.2) is 32.6 Å². The average molecular weight is 342 g/mol.